The van der Waals surface area contributed by atoms with Crippen LogP contribution < -0.4 is 5.32 Å². The van der Waals surface area contributed by atoms with Crippen molar-refractivity contribution < 1.29 is 14.3 Å². The Morgan fingerprint density at radius 2 is 1.87 bits per heavy atom. The summed E-state index contributed by atoms with van der Waals surface area (Å²) in [6, 6.07) is 14.6. The fourth-order valence-electron chi connectivity index (χ4n) is 5.13. The van der Waals surface area contributed by atoms with Gasteiger partial charge in [-0.25, -0.2) is 4.98 Å². The molecular weight excluding hydrogens is 518 g/mol. The van der Waals surface area contributed by atoms with Crippen molar-refractivity contribution in [2.24, 2.45) is 5.92 Å². The molecule has 5 rings (SSSR count). The van der Waals surface area contributed by atoms with Crippen molar-refractivity contribution in [1.82, 2.24) is 14.7 Å². The van der Waals surface area contributed by atoms with E-state index in [1.54, 1.807) is 17.5 Å². The molecule has 1 aliphatic rings. The number of imidazole rings is 1. The number of benzene rings is 2. The summed E-state index contributed by atoms with van der Waals surface area (Å²) in [5.41, 5.74) is 4.86. The van der Waals surface area contributed by atoms with E-state index in [1.165, 1.54) is 5.56 Å². The Kier molecular flexibility index (Phi) is 8.15. The minimum Gasteiger partial charge on any atom is -0.466 e. The lowest BCUT2D eigenvalue weighted by atomic mass is 9.77. The largest absolute Gasteiger partial charge is 0.466 e. The molecule has 1 saturated carbocycles. The second-order valence-corrected chi connectivity index (χ2v) is 11.4. The van der Waals surface area contributed by atoms with Crippen LogP contribution in [-0.4, -0.2) is 27.9 Å². The second-order valence-electron chi connectivity index (χ2n) is 10.0. The molecule has 0 bridgehead atoms. The van der Waals surface area contributed by atoms with E-state index >= 15 is 0 Å². The van der Waals surface area contributed by atoms with Gasteiger partial charge in [0.25, 0.3) is 5.91 Å². The van der Waals surface area contributed by atoms with Crippen LogP contribution in [0.5, 0.6) is 0 Å². The summed E-state index contributed by atoms with van der Waals surface area (Å²) in [7, 11) is 0. The summed E-state index contributed by atoms with van der Waals surface area (Å²) in [5, 5.41) is 3.61. The number of ether oxygens (including phenoxy) is 1. The maximum Gasteiger partial charge on any atom is 0.306 e. The van der Waals surface area contributed by atoms with Gasteiger partial charge in [-0.05, 0) is 79.7 Å². The third-order valence-electron chi connectivity index (χ3n) is 7.35. The van der Waals surface area contributed by atoms with Gasteiger partial charge >= 0.3 is 5.97 Å². The fraction of sp³-hybridized carbons (Fsp3) is 0.367. The molecule has 4 aromatic rings. The first-order chi connectivity index (χ1) is 18.4. The number of hydrogen-bond donors (Lipinski definition) is 1. The number of aromatic nitrogens is 2. The molecule has 0 saturated heterocycles. The van der Waals surface area contributed by atoms with Gasteiger partial charge in [-0.3, -0.25) is 14.0 Å². The van der Waals surface area contributed by atoms with Crippen molar-refractivity contribution in [3.63, 3.8) is 0 Å². The van der Waals surface area contributed by atoms with Gasteiger partial charge in [-0.2, -0.15) is 0 Å². The molecule has 198 valence electrons. The number of amides is 1. The number of hydrogen-bond acceptors (Lipinski definition) is 5. The Morgan fingerprint density at radius 3 is 2.55 bits per heavy atom. The van der Waals surface area contributed by atoms with Crippen molar-refractivity contribution in [2.45, 2.75) is 58.4 Å². The first kappa shape index (κ1) is 26.4. The number of carbonyl (C=O) groups is 2. The molecular formula is C30H32ClN3O3S. The lowest BCUT2D eigenvalue weighted by molar-refractivity contribution is -0.144. The summed E-state index contributed by atoms with van der Waals surface area (Å²) >= 11 is 7.75. The van der Waals surface area contributed by atoms with Gasteiger partial charge in [-0.15, -0.1) is 0 Å². The van der Waals surface area contributed by atoms with Gasteiger partial charge < -0.3 is 10.1 Å². The summed E-state index contributed by atoms with van der Waals surface area (Å²) in [6.07, 6.45) is 8.71. The van der Waals surface area contributed by atoms with E-state index in [2.05, 4.69) is 34.6 Å². The number of carbonyl (C=O) groups excluding carboxylic acids is 2. The predicted octanol–water partition coefficient (Wildman–Crippen LogP) is 7.18. The van der Waals surface area contributed by atoms with E-state index < -0.39 is 0 Å². The van der Waals surface area contributed by atoms with Gasteiger partial charge in [0.15, 0.2) is 4.96 Å². The predicted molar refractivity (Wildman–Crippen MR) is 152 cm³/mol. The van der Waals surface area contributed by atoms with Crippen LogP contribution in [0.2, 0.25) is 5.02 Å². The minimum atomic E-state index is -0.208. The van der Waals surface area contributed by atoms with Crippen LogP contribution in [0, 0.1) is 12.8 Å². The number of rotatable bonds is 8. The molecule has 8 heteroatoms. The zero-order valence-electron chi connectivity index (χ0n) is 21.7. The molecule has 2 heterocycles. The smallest absolute Gasteiger partial charge is 0.306 e. The normalized spacial score (nSPS) is 17.4. The van der Waals surface area contributed by atoms with Crippen molar-refractivity contribution in [2.75, 3.05) is 6.61 Å². The molecule has 1 N–H and O–H groups in total. The molecule has 2 aromatic heterocycles. The highest BCUT2D eigenvalue weighted by atomic mass is 35.5. The molecule has 38 heavy (non-hydrogen) atoms. The van der Waals surface area contributed by atoms with E-state index in [9.17, 15) is 9.59 Å². The third kappa shape index (κ3) is 6.11. The molecule has 1 amide bonds. The number of aryl methyl sites for hydroxylation is 1. The van der Waals surface area contributed by atoms with E-state index in [0.717, 1.165) is 52.2 Å². The lowest BCUT2D eigenvalue weighted by Gasteiger charge is -2.28. The van der Waals surface area contributed by atoms with Gasteiger partial charge in [0.2, 0.25) is 0 Å². The Bertz CT molecular complexity index is 1400. The number of nitrogens with zero attached hydrogens (tertiary/aromatic N) is 2. The molecule has 0 unspecified atom stereocenters. The second kappa shape index (κ2) is 11.7. The summed E-state index contributed by atoms with van der Waals surface area (Å²) in [4.78, 5) is 30.9. The molecule has 0 radical (unpaired) electrons. The fourth-order valence-corrected chi connectivity index (χ4v) is 6.31. The third-order valence-corrected chi connectivity index (χ3v) is 8.80. The standard InChI is InChI=1S/C30H32ClN3O3S/c1-3-37-28(35)15-20-6-8-22(9-7-20)23-10-12-24(13-11-23)27-18-34-17-26(33-30(34)38-27)29(36)32-16-21-5-4-19(2)25(31)14-21/h4-5,10-14,17-18,20,22H,3,6-9,15-16H2,1-2H3,(H,32,36)/t20-,22-. The topological polar surface area (TPSA) is 72.7 Å². The van der Waals surface area contributed by atoms with Crippen LogP contribution in [0.3, 0.4) is 0 Å². The molecule has 6 nitrogen and oxygen atoms in total. The van der Waals surface area contributed by atoms with Crippen molar-refractivity contribution in [1.29, 1.82) is 0 Å². The Hall–Kier alpha value is -3.16. The monoisotopic (exact) mass is 549 g/mol. The maximum atomic E-state index is 12.6. The highest BCUT2D eigenvalue weighted by Crippen LogP contribution is 2.38. The van der Waals surface area contributed by atoms with E-state index in [-0.39, 0.29) is 11.9 Å². The van der Waals surface area contributed by atoms with Crippen molar-refractivity contribution in [3.8, 4) is 10.4 Å². The summed E-state index contributed by atoms with van der Waals surface area (Å²) in [5.74, 6) is 0.712. The molecule has 0 aliphatic heterocycles. The van der Waals surface area contributed by atoms with E-state index in [4.69, 9.17) is 16.3 Å². The van der Waals surface area contributed by atoms with Crippen LogP contribution in [0.25, 0.3) is 15.4 Å². The Balaban J connectivity index is 1.17. The Morgan fingerprint density at radius 1 is 1.11 bits per heavy atom. The summed E-state index contributed by atoms with van der Waals surface area (Å²) in [6.45, 7) is 4.66. The van der Waals surface area contributed by atoms with Crippen LogP contribution in [-0.2, 0) is 16.1 Å². The van der Waals surface area contributed by atoms with Gasteiger partial charge in [0.1, 0.15) is 5.69 Å². The highest BCUT2D eigenvalue weighted by molar-refractivity contribution is 7.20. The number of nitrogens with one attached hydrogen (secondary N) is 1. The van der Waals surface area contributed by atoms with Gasteiger partial charge in [0, 0.05) is 30.4 Å². The van der Waals surface area contributed by atoms with Crippen LogP contribution in [0.15, 0.2) is 54.9 Å². The highest BCUT2D eigenvalue weighted by Gasteiger charge is 2.24. The van der Waals surface area contributed by atoms with Crippen LogP contribution in [0.1, 0.15) is 72.1 Å². The average Bonchev–Trinajstić information content (AvgIpc) is 3.50. The molecule has 0 spiro atoms. The zero-order valence-corrected chi connectivity index (χ0v) is 23.3. The van der Waals surface area contributed by atoms with Crippen LogP contribution in [0.4, 0.5) is 0 Å². The van der Waals surface area contributed by atoms with E-state index in [1.807, 2.05) is 42.6 Å². The number of esters is 1. The van der Waals surface area contributed by atoms with Crippen molar-refractivity contribution >= 4 is 39.8 Å². The van der Waals surface area contributed by atoms with Gasteiger partial charge in [0.05, 0.1) is 11.5 Å². The molecule has 1 aliphatic carbocycles. The molecule has 2 aromatic carbocycles. The first-order valence-corrected chi connectivity index (χ1v) is 14.4. The average molecular weight is 550 g/mol. The van der Waals surface area contributed by atoms with E-state index in [0.29, 0.717) is 42.1 Å². The SMILES string of the molecule is CCOC(=O)C[C@H]1CC[C@H](c2ccc(-c3cn4cc(C(=O)NCc5ccc(C)c(Cl)c5)nc4s3)cc2)CC1. The molecule has 0 atom stereocenters. The number of fused-ring (bicyclic) bond motifs is 1. The number of halogens is 1. The Labute approximate surface area is 232 Å². The maximum absolute atomic E-state index is 12.6. The van der Waals surface area contributed by atoms with Crippen molar-refractivity contribution in [3.05, 3.63) is 82.3 Å². The minimum absolute atomic E-state index is 0.0667. The zero-order chi connectivity index (χ0) is 26.6. The van der Waals surface area contributed by atoms with Gasteiger partial charge in [-0.1, -0.05) is 59.3 Å². The quantitative estimate of drug-likeness (QED) is 0.236. The van der Waals surface area contributed by atoms with Crippen LogP contribution >= 0.6 is 22.9 Å². The summed E-state index contributed by atoms with van der Waals surface area (Å²) < 4.78 is 7.02. The molecule has 1 fully saturated rings. The lowest BCUT2D eigenvalue weighted by Crippen LogP contribution is -2.23. The first-order valence-electron chi connectivity index (χ1n) is 13.2. The number of thiazole rings is 1.